The standard InChI is InChI=1S/C18H20N4O2/c1-13-5-6-15-14(12-13)19-17(16-4-2-9-22(15)16)20-7-3-8-21(11-10-20)18(23)24/h2,4-6,9,12H,3,7-8,10-11H2,1H3,(H,23,24). The van der Waals surface area contributed by atoms with Crippen LogP contribution in [0.1, 0.15) is 12.0 Å². The monoisotopic (exact) mass is 324 g/mol. The summed E-state index contributed by atoms with van der Waals surface area (Å²) >= 11 is 0. The molecule has 1 N–H and O–H groups in total. The number of aromatic nitrogens is 2. The molecule has 24 heavy (non-hydrogen) atoms. The average Bonchev–Trinajstić information content (AvgIpc) is 2.91. The number of carboxylic acid groups (broad SMARTS) is 1. The van der Waals surface area contributed by atoms with Crippen molar-refractivity contribution in [2.75, 3.05) is 31.1 Å². The van der Waals surface area contributed by atoms with E-state index in [2.05, 4.69) is 46.7 Å². The van der Waals surface area contributed by atoms with Crippen LogP contribution in [0.25, 0.3) is 16.6 Å². The predicted molar refractivity (Wildman–Crippen MR) is 93.9 cm³/mol. The third-order valence-corrected chi connectivity index (χ3v) is 4.66. The number of amides is 1. The maximum atomic E-state index is 11.2. The molecule has 124 valence electrons. The van der Waals surface area contributed by atoms with E-state index in [-0.39, 0.29) is 0 Å². The summed E-state index contributed by atoms with van der Waals surface area (Å²) in [5.41, 5.74) is 4.30. The highest BCUT2D eigenvalue weighted by molar-refractivity contribution is 5.85. The molecule has 1 amide bonds. The van der Waals surface area contributed by atoms with Crippen LogP contribution in [0.4, 0.5) is 10.6 Å². The second-order valence-electron chi connectivity index (χ2n) is 6.30. The van der Waals surface area contributed by atoms with Gasteiger partial charge in [-0.05, 0) is 43.2 Å². The molecule has 1 aliphatic heterocycles. The van der Waals surface area contributed by atoms with Gasteiger partial charge in [0.25, 0.3) is 0 Å². The van der Waals surface area contributed by atoms with Gasteiger partial charge in [-0.15, -0.1) is 0 Å². The third kappa shape index (κ3) is 2.44. The summed E-state index contributed by atoms with van der Waals surface area (Å²) in [4.78, 5) is 19.8. The van der Waals surface area contributed by atoms with Gasteiger partial charge in [0.2, 0.25) is 0 Å². The SMILES string of the molecule is Cc1ccc2c(c1)nc(N1CCCN(C(=O)O)CC1)c1cccn12. The van der Waals surface area contributed by atoms with Crippen molar-refractivity contribution in [3.8, 4) is 0 Å². The van der Waals surface area contributed by atoms with Crippen LogP contribution in [-0.4, -0.2) is 51.7 Å². The largest absolute Gasteiger partial charge is 0.465 e. The Morgan fingerprint density at radius 1 is 1.12 bits per heavy atom. The minimum Gasteiger partial charge on any atom is -0.465 e. The minimum absolute atomic E-state index is 0.510. The van der Waals surface area contributed by atoms with E-state index in [1.165, 1.54) is 10.5 Å². The quantitative estimate of drug-likeness (QED) is 0.747. The van der Waals surface area contributed by atoms with Gasteiger partial charge in [-0.1, -0.05) is 6.07 Å². The van der Waals surface area contributed by atoms with Crippen molar-refractivity contribution in [1.82, 2.24) is 14.3 Å². The second kappa shape index (κ2) is 5.70. The fraction of sp³-hybridized carbons (Fsp3) is 0.333. The molecule has 6 heteroatoms. The number of fused-ring (bicyclic) bond motifs is 3. The van der Waals surface area contributed by atoms with Crippen LogP contribution < -0.4 is 4.90 Å². The van der Waals surface area contributed by atoms with Crippen LogP contribution >= 0.6 is 0 Å². The maximum absolute atomic E-state index is 11.2. The lowest BCUT2D eigenvalue weighted by atomic mass is 10.2. The van der Waals surface area contributed by atoms with Crippen molar-refractivity contribution in [3.05, 3.63) is 42.1 Å². The van der Waals surface area contributed by atoms with Crippen molar-refractivity contribution >= 4 is 28.5 Å². The van der Waals surface area contributed by atoms with Crippen molar-refractivity contribution < 1.29 is 9.90 Å². The van der Waals surface area contributed by atoms with Crippen LogP contribution in [0.3, 0.4) is 0 Å². The first-order chi connectivity index (χ1) is 11.6. The average molecular weight is 324 g/mol. The van der Waals surface area contributed by atoms with E-state index in [4.69, 9.17) is 4.98 Å². The highest BCUT2D eigenvalue weighted by Gasteiger charge is 2.21. The molecule has 6 nitrogen and oxygen atoms in total. The van der Waals surface area contributed by atoms with Gasteiger partial charge in [0.05, 0.1) is 16.6 Å². The Hall–Kier alpha value is -2.76. The van der Waals surface area contributed by atoms with Gasteiger partial charge in [0, 0.05) is 32.4 Å². The molecule has 1 aromatic carbocycles. The summed E-state index contributed by atoms with van der Waals surface area (Å²) < 4.78 is 2.16. The summed E-state index contributed by atoms with van der Waals surface area (Å²) in [6.45, 7) is 4.63. The second-order valence-corrected chi connectivity index (χ2v) is 6.30. The first-order valence-corrected chi connectivity index (χ1v) is 8.24. The minimum atomic E-state index is -0.841. The molecular weight excluding hydrogens is 304 g/mol. The van der Waals surface area contributed by atoms with E-state index < -0.39 is 6.09 Å². The van der Waals surface area contributed by atoms with Gasteiger partial charge < -0.3 is 19.3 Å². The van der Waals surface area contributed by atoms with Crippen molar-refractivity contribution in [2.45, 2.75) is 13.3 Å². The molecule has 0 spiro atoms. The molecule has 3 aromatic rings. The molecule has 4 rings (SSSR count). The Kier molecular flexibility index (Phi) is 3.52. The fourth-order valence-corrected chi connectivity index (χ4v) is 3.42. The fourth-order valence-electron chi connectivity index (χ4n) is 3.42. The van der Waals surface area contributed by atoms with E-state index in [0.717, 1.165) is 35.3 Å². The molecule has 0 atom stereocenters. The lowest BCUT2D eigenvalue weighted by molar-refractivity contribution is 0.148. The Labute approximate surface area is 139 Å². The predicted octanol–water partition coefficient (Wildman–Crippen LogP) is 2.99. The number of rotatable bonds is 1. The van der Waals surface area contributed by atoms with Crippen LogP contribution in [-0.2, 0) is 0 Å². The summed E-state index contributed by atoms with van der Waals surface area (Å²) in [6.07, 6.45) is 2.03. The zero-order valence-corrected chi connectivity index (χ0v) is 13.6. The summed E-state index contributed by atoms with van der Waals surface area (Å²) in [7, 11) is 0. The first-order valence-electron chi connectivity index (χ1n) is 8.24. The van der Waals surface area contributed by atoms with Gasteiger partial charge in [-0.25, -0.2) is 9.78 Å². The Morgan fingerprint density at radius 3 is 2.83 bits per heavy atom. The van der Waals surface area contributed by atoms with Crippen LogP contribution in [0.2, 0.25) is 0 Å². The van der Waals surface area contributed by atoms with Crippen LogP contribution in [0.5, 0.6) is 0 Å². The molecule has 1 aliphatic rings. The van der Waals surface area contributed by atoms with Gasteiger partial charge in [0.15, 0.2) is 5.82 Å². The van der Waals surface area contributed by atoms with E-state index in [9.17, 15) is 9.90 Å². The van der Waals surface area contributed by atoms with E-state index in [1.807, 2.05) is 6.07 Å². The normalized spacial score (nSPS) is 15.9. The lowest BCUT2D eigenvalue weighted by Crippen LogP contribution is -2.34. The zero-order valence-electron chi connectivity index (χ0n) is 13.6. The molecular formula is C18H20N4O2. The third-order valence-electron chi connectivity index (χ3n) is 4.66. The Morgan fingerprint density at radius 2 is 2.00 bits per heavy atom. The number of hydrogen-bond acceptors (Lipinski definition) is 3. The smallest absolute Gasteiger partial charge is 0.407 e. The number of benzene rings is 1. The number of carbonyl (C=O) groups is 1. The number of anilines is 1. The Bertz CT molecular complexity index is 918. The van der Waals surface area contributed by atoms with Crippen molar-refractivity contribution in [1.29, 1.82) is 0 Å². The molecule has 0 saturated carbocycles. The highest BCUT2D eigenvalue weighted by atomic mass is 16.4. The number of nitrogens with zero attached hydrogens (tertiary/aromatic N) is 4. The van der Waals surface area contributed by atoms with E-state index in [0.29, 0.717) is 19.6 Å². The summed E-state index contributed by atoms with van der Waals surface area (Å²) in [5.74, 6) is 0.935. The Balaban J connectivity index is 1.80. The first kappa shape index (κ1) is 14.8. The van der Waals surface area contributed by atoms with Gasteiger partial charge in [-0.3, -0.25) is 0 Å². The number of aryl methyl sites for hydroxylation is 1. The van der Waals surface area contributed by atoms with E-state index in [1.54, 1.807) is 0 Å². The molecule has 1 fully saturated rings. The van der Waals surface area contributed by atoms with Crippen LogP contribution in [0, 0.1) is 6.92 Å². The number of hydrogen-bond donors (Lipinski definition) is 1. The van der Waals surface area contributed by atoms with Crippen molar-refractivity contribution in [2.24, 2.45) is 0 Å². The highest BCUT2D eigenvalue weighted by Crippen LogP contribution is 2.26. The van der Waals surface area contributed by atoms with Crippen molar-refractivity contribution in [3.63, 3.8) is 0 Å². The zero-order chi connectivity index (χ0) is 16.7. The van der Waals surface area contributed by atoms with Gasteiger partial charge in [0.1, 0.15) is 0 Å². The molecule has 1 saturated heterocycles. The molecule has 3 heterocycles. The van der Waals surface area contributed by atoms with E-state index >= 15 is 0 Å². The van der Waals surface area contributed by atoms with Gasteiger partial charge >= 0.3 is 6.09 Å². The summed E-state index contributed by atoms with van der Waals surface area (Å²) in [5, 5.41) is 9.22. The van der Waals surface area contributed by atoms with Crippen LogP contribution in [0.15, 0.2) is 36.5 Å². The molecule has 2 aromatic heterocycles. The van der Waals surface area contributed by atoms with Gasteiger partial charge in [-0.2, -0.15) is 0 Å². The summed E-state index contributed by atoms with van der Waals surface area (Å²) in [6, 6.07) is 10.4. The molecule has 0 aliphatic carbocycles. The lowest BCUT2D eigenvalue weighted by Gasteiger charge is -2.23. The topological polar surface area (TPSA) is 61.1 Å². The molecule has 0 radical (unpaired) electrons. The maximum Gasteiger partial charge on any atom is 0.407 e. The molecule has 0 unspecified atom stereocenters. The molecule has 0 bridgehead atoms.